The van der Waals surface area contributed by atoms with E-state index in [-0.39, 0.29) is 0 Å². The van der Waals surface area contributed by atoms with Crippen LogP contribution in [0.3, 0.4) is 0 Å². The molecule has 0 unspecified atom stereocenters. The second kappa shape index (κ2) is 27.1. The molecule has 0 radical (unpaired) electrons. The first-order valence-electron chi connectivity index (χ1n) is 20.7. The number of carbonyl (C=O) groups is 2. The van der Waals surface area contributed by atoms with Gasteiger partial charge in [0.05, 0.1) is 13.2 Å². The molecule has 0 fully saturated rings. The Bertz CT molecular complexity index is 1240. The maximum absolute atomic E-state index is 12.1. The Labute approximate surface area is 305 Å². The van der Waals surface area contributed by atoms with Gasteiger partial charge in [0.15, 0.2) is 0 Å². The van der Waals surface area contributed by atoms with E-state index in [2.05, 4.69) is 62.4 Å². The van der Waals surface area contributed by atoms with Crippen molar-refractivity contribution in [3.63, 3.8) is 0 Å². The quantitative estimate of drug-likeness (QED) is 0.0484. The summed E-state index contributed by atoms with van der Waals surface area (Å²) in [6.07, 6.45) is 26.5. The molecule has 4 nitrogen and oxygen atoms in total. The van der Waals surface area contributed by atoms with Gasteiger partial charge in [0.25, 0.3) is 0 Å². The molecule has 0 amide bonds. The van der Waals surface area contributed by atoms with E-state index in [1.165, 1.54) is 96.9 Å². The lowest BCUT2D eigenvalue weighted by Crippen LogP contribution is -1.99. The molecule has 0 aliphatic rings. The fourth-order valence-corrected chi connectivity index (χ4v) is 7.01. The third kappa shape index (κ3) is 17.6. The average Bonchev–Trinajstić information content (AvgIpc) is 3.12. The number of Topliss-reactive ketones (excluding diaryl/α,β-unsaturated/α-hetero) is 2. The molecular formula is C46H70O4. The van der Waals surface area contributed by atoms with E-state index in [1.807, 2.05) is 0 Å². The molecule has 0 aromatic heterocycles. The van der Waals surface area contributed by atoms with E-state index < -0.39 is 0 Å². The van der Waals surface area contributed by atoms with E-state index in [0.29, 0.717) is 24.8 Å². The van der Waals surface area contributed by atoms with Crippen LogP contribution in [0.5, 0.6) is 0 Å². The minimum Gasteiger partial charge on any atom is -0.377 e. The summed E-state index contributed by atoms with van der Waals surface area (Å²) in [5.74, 6) is 0.915. The Kier molecular flexibility index (Phi) is 22.7. The number of ketones is 2. The monoisotopic (exact) mass is 687 g/mol. The first kappa shape index (κ1) is 41.9. The Morgan fingerprint density at radius 1 is 0.440 bits per heavy atom. The summed E-state index contributed by atoms with van der Waals surface area (Å²) in [7, 11) is 0. The lowest BCUT2D eigenvalue weighted by Gasteiger charge is -2.12. The summed E-state index contributed by atoms with van der Waals surface area (Å²) < 4.78 is 12.3. The topological polar surface area (TPSA) is 52.6 Å². The molecule has 3 aromatic rings. The lowest BCUT2D eigenvalue weighted by atomic mass is 9.97. The summed E-state index contributed by atoms with van der Waals surface area (Å²) in [6.45, 7) is 7.28. The molecule has 0 atom stereocenters. The summed E-state index contributed by atoms with van der Waals surface area (Å²) in [4.78, 5) is 24.2. The minimum atomic E-state index is 0.458. The van der Waals surface area contributed by atoms with Crippen LogP contribution >= 0.6 is 0 Å². The largest absolute Gasteiger partial charge is 0.377 e. The Hall–Kier alpha value is -2.56. The molecule has 3 rings (SSSR count). The van der Waals surface area contributed by atoms with Crippen molar-refractivity contribution in [3.8, 4) is 0 Å². The molecule has 3 aromatic carbocycles. The van der Waals surface area contributed by atoms with E-state index in [9.17, 15) is 9.59 Å². The third-order valence-corrected chi connectivity index (χ3v) is 10.2. The highest BCUT2D eigenvalue weighted by Crippen LogP contribution is 2.29. The normalized spacial score (nSPS) is 11.6. The summed E-state index contributed by atoms with van der Waals surface area (Å²) in [5, 5.41) is 5.02. The van der Waals surface area contributed by atoms with Crippen molar-refractivity contribution in [2.45, 2.75) is 181 Å². The fraction of sp³-hybridized carbons (Fsp3) is 0.652. The third-order valence-electron chi connectivity index (χ3n) is 10.2. The van der Waals surface area contributed by atoms with Crippen LogP contribution < -0.4 is 0 Å². The van der Waals surface area contributed by atoms with Crippen molar-refractivity contribution < 1.29 is 19.1 Å². The fourth-order valence-electron chi connectivity index (χ4n) is 7.01. The Morgan fingerprint density at radius 3 is 1.16 bits per heavy atom. The molecule has 0 aliphatic carbocycles. The van der Waals surface area contributed by atoms with Crippen LogP contribution in [0.25, 0.3) is 21.5 Å². The molecule has 0 aliphatic heterocycles. The average molecular weight is 687 g/mol. The molecule has 0 saturated carbocycles. The number of ether oxygens (including phenoxy) is 2. The van der Waals surface area contributed by atoms with Gasteiger partial charge < -0.3 is 9.47 Å². The van der Waals surface area contributed by atoms with Crippen LogP contribution in [0, 0.1) is 0 Å². The van der Waals surface area contributed by atoms with E-state index in [1.54, 1.807) is 0 Å². The number of hydrogen-bond donors (Lipinski definition) is 0. The maximum atomic E-state index is 12.1. The molecule has 0 saturated heterocycles. The van der Waals surface area contributed by atoms with Crippen molar-refractivity contribution in [2.24, 2.45) is 0 Å². The van der Waals surface area contributed by atoms with Crippen molar-refractivity contribution in [3.05, 3.63) is 59.7 Å². The second-order valence-electron chi connectivity index (χ2n) is 14.7. The molecule has 0 N–H and O–H groups in total. The summed E-state index contributed by atoms with van der Waals surface area (Å²) in [5.41, 5.74) is 2.48. The zero-order valence-electron chi connectivity index (χ0n) is 32.1. The Balaban J connectivity index is 1.28. The van der Waals surface area contributed by atoms with Gasteiger partial charge in [-0.05, 0) is 83.3 Å². The van der Waals surface area contributed by atoms with Gasteiger partial charge in [0.1, 0.15) is 11.6 Å². The summed E-state index contributed by atoms with van der Waals surface area (Å²) in [6, 6.07) is 17.7. The van der Waals surface area contributed by atoms with Crippen molar-refractivity contribution in [1.82, 2.24) is 0 Å². The van der Waals surface area contributed by atoms with E-state index in [0.717, 1.165) is 103 Å². The van der Waals surface area contributed by atoms with Gasteiger partial charge in [-0.15, -0.1) is 0 Å². The highest BCUT2D eigenvalue weighted by Gasteiger charge is 2.08. The highest BCUT2D eigenvalue weighted by molar-refractivity contribution is 6.00. The number of benzene rings is 3. The van der Waals surface area contributed by atoms with Gasteiger partial charge in [-0.3, -0.25) is 9.59 Å². The molecule has 50 heavy (non-hydrogen) atoms. The standard InChI is InChI=1S/C46H70O4/c1-3-5-7-11-17-29-43(47)31-19-13-9-15-21-33-49-37-41-27-23-25-39-36-46-40(35-45(39)41)26-24-28-42(46)38-50-34-22-16-10-14-20-32-44(48)30-18-12-8-6-4-2/h23-28,35-36H,3-22,29-34,37-38H2,1-2H3. The zero-order chi connectivity index (χ0) is 35.5. The van der Waals surface area contributed by atoms with Gasteiger partial charge in [-0.1, -0.05) is 140 Å². The maximum Gasteiger partial charge on any atom is 0.132 e. The lowest BCUT2D eigenvalue weighted by molar-refractivity contribution is -0.120. The second-order valence-corrected chi connectivity index (χ2v) is 14.7. The zero-order valence-corrected chi connectivity index (χ0v) is 32.1. The van der Waals surface area contributed by atoms with Crippen molar-refractivity contribution >= 4 is 33.1 Å². The molecule has 4 heteroatoms. The van der Waals surface area contributed by atoms with Crippen LogP contribution in [0.15, 0.2) is 48.5 Å². The molecular weight excluding hydrogens is 617 g/mol. The van der Waals surface area contributed by atoms with Gasteiger partial charge in [-0.25, -0.2) is 0 Å². The number of fused-ring (bicyclic) bond motifs is 2. The van der Waals surface area contributed by atoms with Crippen LogP contribution in [0.4, 0.5) is 0 Å². The van der Waals surface area contributed by atoms with Crippen LogP contribution in [0.2, 0.25) is 0 Å². The minimum absolute atomic E-state index is 0.458. The smallest absolute Gasteiger partial charge is 0.132 e. The Morgan fingerprint density at radius 2 is 0.780 bits per heavy atom. The van der Waals surface area contributed by atoms with Crippen LogP contribution in [-0.2, 0) is 32.3 Å². The predicted octanol–water partition coefficient (Wildman–Crippen LogP) is 13.6. The van der Waals surface area contributed by atoms with Gasteiger partial charge in [-0.2, -0.15) is 0 Å². The molecule has 278 valence electrons. The number of hydrogen-bond acceptors (Lipinski definition) is 4. The number of carbonyl (C=O) groups excluding carboxylic acids is 2. The summed E-state index contributed by atoms with van der Waals surface area (Å²) >= 11 is 0. The first-order chi connectivity index (χ1) is 24.6. The SMILES string of the molecule is CCCCCCCC(=O)CCCCCCCOCc1cccc2cc3c(COCCCCCCCC(=O)CCCCCCC)cccc3cc12. The van der Waals surface area contributed by atoms with Crippen molar-refractivity contribution in [1.29, 1.82) is 0 Å². The highest BCUT2D eigenvalue weighted by atomic mass is 16.5. The van der Waals surface area contributed by atoms with Gasteiger partial charge >= 0.3 is 0 Å². The number of unbranched alkanes of at least 4 members (excludes halogenated alkanes) is 16. The molecule has 0 heterocycles. The van der Waals surface area contributed by atoms with Gasteiger partial charge in [0.2, 0.25) is 0 Å². The van der Waals surface area contributed by atoms with Crippen LogP contribution in [0.1, 0.15) is 179 Å². The van der Waals surface area contributed by atoms with E-state index >= 15 is 0 Å². The number of rotatable bonds is 32. The van der Waals surface area contributed by atoms with Crippen molar-refractivity contribution in [2.75, 3.05) is 13.2 Å². The predicted molar refractivity (Wildman–Crippen MR) is 213 cm³/mol. The van der Waals surface area contributed by atoms with Crippen LogP contribution in [-0.4, -0.2) is 24.8 Å². The van der Waals surface area contributed by atoms with E-state index in [4.69, 9.17) is 9.47 Å². The molecule has 0 spiro atoms. The molecule has 0 bridgehead atoms. The van der Waals surface area contributed by atoms with Gasteiger partial charge in [0, 0.05) is 38.9 Å². The first-order valence-corrected chi connectivity index (χ1v) is 20.7.